The fourth-order valence-electron chi connectivity index (χ4n) is 3.74. The van der Waals surface area contributed by atoms with Gasteiger partial charge in [0.1, 0.15) is 0 Å². The predicted molar refractivity (Wildman–Crippen MR) is 113 cm³/mol. The molecular formula is C21H27N5OS. The molecule has 7 heteroatoms. The second-order valence-electron chi connectivity index (χ2n) is 7.49. The fourth-order valence-corrected chi connectivity index (χ4v) is 4.63. The highest BCUT2D eigenvalue weighted by atomic mass is 32.2. The van der Waals surface area contributed by atoms with E-state index in [0.29, 0.717) is 6.04 Å². The van der Waals surface area contributed by atoms with E-state index in [1.807, 2.05) is 6.20 Å². The standard InChI is InChI=1S/C21H27N5OS/c1-24-10-8-20(9-11-24)26-15-18(14-23-26)17-2-4-21(5-3-17)28-25-12-6-19(7-13-25)22-16-27/h2-6,14-16,20H,7-13H2,1H3,(H,22,27). The van der Waals surface area contributed by atoms with Crippen molar-refractivity contribution >= 4 is 18.4 Å². The zero-order chi connectivity index (χ0) is 19.3. The van der Waals surface area contributed by atoms with E-state index in [4.69, 9.17) is 0 Å². The van der Waals surface area contributed by atoms with Crippen LogP contribution >= 0.6 is 11.9 Å². The molecule has 0 unspecified atom stereocenters. The Bertz CT molecular complexity index is 824. The fraction of sp³-hybridized carbons (Fsp3) is 0.429. The molecule has 2 aromatic rings. The van der Waals surface area contributed by atoms with E-state index in [1.165, 1.54) is 28.9 Å². The third-order valence-corrected chi connectivity index (χ3v) is 6.57. The topological polar surface area (TPSA) is 53.4 Å². The minimum Gasteiger partial charge on any atom is -0.333 e. The molecule has 1 amide bonds. The van der Waals surface area contributed by atoms with Crippen LogP contribution in [-0.2, 0) is 4.79 Å². The Hall–Kier alpha value is -2.09. The first kappa shape index (κ1) is 19.2. The summed E-state index contributed by atoms with van der Waals surface area (Å²) in [7, 11) is 2.19. The normalized spacial score (nSPS) is 19.4. The second-order valence-corrected chi connectivity index (χ2v) is 8.66. The maximum atomic E-state index is 10.5. The van der Waals surface area contributed by atoms with Crippen molar-refractivity contribution in [2.45, 2.75) is 30.2 Å². The van der Waals surface area contributed by atoms with E-state index >= 15 is 0 Å². The molecule has 2 aliphatic rings. The Morgan fingerprint density at radius 2 is 1.93 bits per heavy atom. The number of aromatic nitrogens is 2. The number of carbonyl (C=O) groups excluding carboxylic acids is 1. The molecule has 1 fully saturated rings. The number of hydrogen-bond donors (Lipinski definition) is 1. The van der Waals surface area contributed by atoms with E-state index in [1.54, 1.807) is 11.9 Å². The van der Waals surface area contributed by atoms with E-state index in [0.717, 1.165) is 44.7 Å². The largest absolute Gasteiger partial charge is 0.333 e. The van der Waals surface area contributed by atoms with Crippen LogP contribution in [0.15, 0.2) is 53.3 Å². The predicted octanol–water partition coefficient (Wildman–Crippen LogP) is 3.16. The minimum absolute atomic E-state index is 0.519. The highest BCUT2D eigenvalue weighted by Gasteiger charge is 2.19. The van der Waals surface area contributed by atoms with Gasteiger partial charge in [-0.05, 0) is 62.6 Å². The second kappa shape index (κ2) is 8.94. The summed E-state index contributed by atoms with van der Waals surface area (Å²) in [6.07, 6.45) is 10.2. The number of nitrogens with one attached hydrogen (secondary N) is 1. The lowest BCUT2D eigenvalue weighted by atomic mass is 10.1. The summed E-state index contributed by atoms with van der Waals surface area (Å²) in [6, 6.07) is 9.23. The van der Waals surface area contributed by atoms with Gasteiger partial charge in [0.15, 0.2) is 0 Å². The first-order valence-corrected chi connectivity index (χ1v) is 10.6. The Labute approximate surface area is 170 Å². The molecule has 0 bridgehead atoms. The molecule has 4 rings (SSSR count). The zero-order valence-corrected chi connectivity index (χ0v) is 17.1. The van der Waals surface area contributed by atoms with Crippen molar-refractivity contribution in [1.82, 2.24) is 24.3 Å². The number of hydrogen-bond acceptors (Lipinski definition) is 5. The first-order chi connectivity index (χ1) is 13.7. The van der Waals surface area contributed by atoms with Crippen molar-refractivity contribution in [3.63, 3.8) is 0 Å². The van der Waals surface area contributed by atoms with Crippen LogP contribution in [0.25, 0.3) is 11.1 Å². The van der Waals surface area contributed by atoms with E-state index in [-0.39, 0.29) is 0 Å². The van der Waals surface area contributed by atoms with Crippen molar-refractivity contribution in [3.05, 3.63) is 48.4 Å². The quantitative estimate of drug-likeness (QED) is 0.599. The van der Waals surface area contributed by atoms with Gasteiger partial charge in [0.05, 0.1) is 12.2 Å². The van der Waals surface area contributed by atoms with Gasteiger partial charge in [0, 0.05) is 41.9 Å². The lowest BCUT2D eigenvalue weighted by Gasteiger charge is -2.28. The number of piperidine rings is 1. The molecule has 1 N–H and O–H groups in total. The van der Waals surface area contributed by atoms with Crippen LogP contribution in [0.4, 0.5) is 0 Å². The minimum atomic E-state index is 0.519. The van der Waals surface area contributed by atoms with Crippen molar-refractivity contribution in [1.29, 1.82) is 0 Å². The molecule has 0 saturated carbocycles. The molecule has 28 heavy (non-hydrogen) atoms. The molecule has 1 aromatic heterocycles. The van der Waals surface area contributed by atoms with Crippen molar-refractivity contribution in [2.24, 2.45) is 0 Å². The third-order valence-electron chi connectivity index (χ3n) is 5.50. The monoisotopic (exact) mass is 397 g/mol. The van der Waals surface area contributed by atoms with Gasteiger partial charge in [0.2, 0.25) is 6.41 Å². The maximum Gasteiger partial charge on any atom is 0.211 e. The number of benzene rings is 1. The molecule has 2 aliphatic heterocycles. The van der Waals surface area contributed by atoms with Gasteiger partial charge in [-0.25, -0.2) is 4.31 Å². The van der Waals surface area contributed by atoms with Crippen LogP contribution in [0.3, 0.4) is 0 Å². The Morgan fingerprint density at radius 1 is 1.14 bits per heavy atom. The molecule has 0 atom stereocenters. The molecule has 0 spiro atoms. The smallest absolute Gasteiger partial charge is 0.211 e. The van der Waals surface area contributed by atoms with Crippen molar-refractivity contribution in [3.8, 4) is 11.1 Å². The summed E-state index contributed by atoms with van der Waals surface area (Å²) in [5.41, 5.74) is 3.41. The van der Waals surface area contributed by atoms with Crippen LogP contribution in [0.2, 0.25) is 0 Å². The molecule has 3 heterocycles. The zero-order valence-electron chi connectivity index (χ0n) is 16.3. The third kappa shape index (κ3) is 4.66. The molecule has 148 valence electrons. The van der Waals surface area contributed by atoms with Gasteiger partial charge in [-0.2, -0.15) is 5.10 Å². The number of nitrogens with zero attached hydrogens (tertiary/aromatic N) is 4. The highest BCUT2D eigenvalue weighted by Crippen LogP contribution is 2.29. The molecule has 6 nitrogen and oxygen atoms in total. The summed E-state index contributed by atoms with van der Waals surface area (Å²) >= 11 is 1.76. The summed E-state index contributed by atoms with van der Waals surface area (Å²) in [5.74, 6) is 0. The molecular weight excluding hydrogens is 370 g/mol. The van der Waals surface area contributed by atoms with Gasteiger partial charge in [-0.15, -0.1) is 0 Å². The summed E-state index contributed by atoms with van der Waals surface area (Å²) in [6.45, 7) is 4.06. The number of likely N-dealkylation sites (tertiary alicyclic amines) is 1. The average molecular weight is 398 g/mol. The maximum absolute atomic E-state index is 10.5. The average Bonchev–Trinajstić information content (AvgIpc) is 3.21. The highest BCUT2D eigenvalue weighted by molar-refractivity contribution is 7.97. The Morgan fingerprint density at radius 3 is 2.61 bits per heavy atom. The van der Waals surface area contributed by atoms with Gasteiger partial charge < -0.3 is 10.2 Å². The van der Waals surface area contributed by atoms with Crippen LogP contribution in [-0.4, -0.2) is 58.6 Å². The number of amides is 1. The number of carbonyl (C=O) groups is 1. The molecule has 0 radical (unpaired) electrons. The van der Waals surface area contributed by atoms with Gasteiger partial charge in [0.25, 0.3) is 0 Å². The SMILES string of the molecule is CN1CCC(n2cc(-c3ccc(SN4CC=C(NC=O)CC4)cc3)cn2)CC1. The summed E-state index contributed by atoms with van der Waals surface area (Å²) in [5, 5.41) is 7.38. The Balaban J connectivity index is 1.35. The van der Waals surface area contributed by atoms with Crippen LogP contribution in [0.1, 0.15) is 25.3 Å². The van der Waals surface area contributed by atoms with E-state index in [2.05, 4.69) is 67.9 Å². The van der Waals surface area contributed by atoms with Gasteiger partial charge in [-0.1, -0.05) is 18.2 Å². The van der Waals surface area contributed by atoms with Gasteiger partial charge in [-0.3, -0.25) is 9.48 Å². The van der Waals surface area contributed by atoms with E-state index < -0.39 is 0 Å². The lowest BCUT2D eigenvalue weighted by molar-refractivity contribution is -0.109. The van der Waals surface area contributed by atoms with Gasteiger partial charge >= 0.3 is 0 Å². The molecule has 1 aromatic carbocycles. The van der Waals surface area contributed by atoms with Crippen molar-refractivity contribution < 1.29 is 4.79 Å². The van der Waals surface area contributed by atoms with Crippen LogP contribution in [0.5, 0.6) is 0 Å². The molecule has 0 aliphatic carbocycles. The molecule has 1 saturated heterocycles. The number of rotatable bonds is 6. The van der Waals surface area contributed by atoms with E-state index in [9.17, 15) is 4.79 Å². The Kier molecular flexibility index (Phi) is 6.14. The van der Waals surface area contributed by atoms with Crippen LogP contribution in [0, 0.1) is 0 Å². The first-order valence-electron chi connectivity index (χ1n) is 9.86. The summed E-state index contributed by atoms with van der Waals surface area (Å²) in [4.78, 5) is 14.1. The van der Waals surface area contributed by atoms with Crippen molar-refractivity contribution in [2.75, 3.05) is 33.2 Å². The lowest BCUT2D eigenvalue weighted by Crippen LogP contribution is -2.31. The van der Waals surface area contributed by atoms with Crippen LogP contribution < -0.4 is 5.32 Å². The summed E-state index contributed by atoms with van der Waals surface area (Å²) < 4.78 is 4.46.